The first-order valence-electron chi connectivity index (χ1n) is 5.71. The van der Waals surface area contributed by atoms with Crippen LogP contribution in [0.3, 0.4) is 0 Å². The molecule has 1 saturated heterocycles. The third kappa shape index (κ3) is 2.68. The zero-order chi connectivity index (χ0) is 9.10. The zero-order valence-corrected chi connectivity index (χ0v) is 8.59. The van der Waals surface area contributed by atoms with Crippen LogP contribution in [0.5, 0.6) is 0 Å². The van der Waals surface area contributed by atoms with E-state index in [4.69, 9.17) is 4.74 Å². The van der Waals surface area contributed by atoms with Crippen molar-refractivity contribution < 1.29 is 4.74 Å². The molecule has 2 fully saturated rings. The van der Waals surface area contributed by atoms with E-state index in [-0.39, 0.29) is 0 Å². The molecule has 0 radical (unpaired) electrons. The predicted molar refractivity (Wildman–Crippen MR) is 53.7 cm³/mol. The molecule has 1 saturated carbocycles. The Morgan fingerprint density at radius 3 is 2.77 bits per heavy atom. The summed E-state index contributed by atoms with van der Waals surface area (Å²) in [7, 11) is 0. The Labute approximate surface area is 81.0 Å². The van der Waals surface area contributed by atoms with E-state index in [1.807, 2.05) is 0 Å². The molecule has 2 atom stereocenters. The van der Waals surface area contributed by atoms with E-state index in [1.54, 1.807) is 0 Å². The molecule has 2 unspecified atom stereocenters. The van der Waals surface area contributed by atoms with Gasteiger partial charge in [-0.15, -0.1) is 0 Å². The average molecular weight is 183 g/mol. The van der Waals surface area contributed by atoms with Gasteiger partial charge in [-0.25, -0.2) is 0 Å². The van der Waals surface area contributed by atoms with Gasteiger partial charge in [-0.2, -0.15) is 0 Å². The number of rotatable bonds is 5. The summed E-state index contributed by atoms with van der Waals surface area (Å²) < 4.78 is 5.41. The standard InChI is InChI=1S/C11H21NO/c1-2-12-11(10-3-4-10)7-9-5-6-13-8-9/h9-12H,2-8H2,1H3. The molecule has 1 N–H and O–H groups in total. The minimum Gasteiger partial charge on any atom is -0.381 e. The minimum atomic E-state index is 0.789. The lowest BCUT2D eigenvalue weighted by Crippen LogP contribution is -2.33. The van der Waals surface area contributed by atoms with Crippen LogP contribution in [0.25, 0.3) is 0 Å². The Morgan fingerprint density at radius 2 is 2.23 bits per heavy atom. The maximum Gasteiger partial charge on any atom is 0.0495 e. The van der Waals surface area contributed by atoms with Crippen LogP contribution in [-0.4, -0.2) is 25.8 Å². The summed E-state index contributed by atoms with van der Waals surface area (Å²) in [5, 5.41) is 3.62. The molecule has 1 heterocycles. The van der Waals surface area contributed by atoms with Crippen LogP contribution in [0.15, 0.2) is 0 Å². The summed E-state index contributed by atoms with van der Waals surface area (Å²) in [6.45, 7) is 5.33. The highest BCUT2D eigenvalue weighted by molar-refractivity contribution is 4.88. The van der Waals surface area contributed by atoms with Gasteiger partial charge in [0.25, 0.3) is 0 Å². The predicted octanol–water partition coefficient (Wildman–Crippen LogP) is 1.80. The number of ether oxygens (including phenoxy) is 1. The van der Waals surface area contributed by atoms with Crippen molar-refractivity contribution in [2.24, 2.45) is 11.8 Å². The molecule has 1 aliphatic heterocycles. The molecule has 2 rings (SSSR count). The Balaban J connectivity index is 1.74. The normalized spacial score (nSPS) is 30.7. The van der Waals surface area contributed by atoms with Crippen molar-refractivity contribution in [2.75, 3.05) is 19.8 Å². The first kappa shape index (κ1) is 9.47. The van der Waals surface area contributed by atoms with Gasteiger partial charge in [0.05, 0.1) is 0 Å². The molecule has 76 valence electrons. The molecule has 0 aromatic heterocycles. The lowest BCUT2D eigenvalue weighted by atomic mass is 9.96. The van der Waals surface area contributed by atoms with E-state index in [1.165, 1.54) is 25.7 Å². The van der Waals surface area contributed by atoms with Crippen LogP contribution in [0.1, 0.15) is 32.6 Å². The fraction of sp³-hybridized carbons (Fsp3) is 1.00. The summed E-state index contributed by atoms with van der Waals surface area (Å²) in [6, 6.07) is 0.789. The maximum atomic E-state index is 5.41. The fourth-order valence-corrected chi connectivity index (χ4v) is 2.33. The molecule has 1 aliphatic carbocycles. The topological polar surface area (TPSA) is 21.3 Å². The van der Waals surface area contributed by atoms with E-state index in [2.05, 4.69) is 12.2 Å². The summed E-state index contributed by atoms with van der Waals surface area (Å²) in [4.78, 5) is 0. The van der Waals surface area contributed by atoms with Gasteiger partial charge in [0.1, 0.15) is 0 Å². The summed E-state index contributed by atoms with van der Waals surface area (Å²) in [6.07, 6.45) is 5.53. The Morgan fingerprint density at radius 1 is 1.38 bits per heavy atom. The van der Waals surface area contributed by atoms with Crippen molar-refractivity contribution in [3.05, 3.63) is 0 Å². The number of hydrogen-bond acceptors (Lipinski definition) is 2. The van der Waals surface area contributed by atoms with Gasteiger partial charge >= 0.3 is 0 Å². The van der Waals surface area contributed by atoms with Crippen molar-refractivity contribution in [1.29, 1.82) is 0 Å². The van der Waals surface area contributed by atoms with Gasteiger partial charge in [0.2, 0.25) is 0 Å². The quantitative estimate of drug-likeness (QED) is 0.702. The molecule has 2 nitrogen and oxygen atoms in total. The molecular formula is C11H21NO. The van der Waals surface area contributed by atoms with Crippen LogP contribution >= 0.6 is 0 Å². The van der Waals surface area contributed by atoms with Gasteiger partial charge in [-0.1, -0.05) is 6.92 Å². The lowest BCUT2D eigenvalue weighted by Gasteiger charge is -2.20. The first-order valence-corrected chi connectivity index (χ1v) is 5.71. The second-order valence-electron chi connectivity index (χ2n) is 4.47. The highest BCUT2D eigenvalue weighted by Crippen LogP contribution is 2.36. The zero-order valence-electron chi connectivity index (χ0n) is 8.59. The van der Waals surface area contributed by atoms with Crippen LogP contribution in [0, 0.1) is 11.8 Å². The molecule has 2 aliphatic rings. The molecule has 2 heteroatoms. The summed E-state index contributed by atoms with van der Waals surface area (Å²) in [5.41, 5.74) is 0. The van der Waals surface area contributed by atoms with Crippen molar-refractivity contribution >= 4 is 0 Å². The maximum absolute atomic E-state index is 5.41. The molecule has 0 bridgehead atoms. The smallest absolute Gasteiger partial charge is 0.0495 e. The van der Waals surface area contributed by atoms with Crippen molar-refractivity contribution in [3.63, 3.8) is 0 Å². The molecule has 0 aromatic rings. The second-order valence-corrected chi connectivity index (χ2v) is 4.47. The van der Waals surface area contributed by atoms with E-state index in [0.717, 1.165) is 37.6 Å². The van der Waals surface area contributed by atoms with Gasteiger partial charge in [-0.3, -0.25) is 0 Å². The highest BCUT2D eigenvalue weighted by Gasteiger charge is 2.32. The highest BCUT2D eigenvalue weighted by atomic mass is 16.5. The summed E-state index contributed by atoms with van der Waals surface area (Å²) in [5.74, 6) is 1.82. The third-order valence-corrected chi connectivity index (χ3v) is 3.27. The van der Waals surface area contributed by atoms with Gasteiger partial charge in [0, 0.05) is 19.3 Å². The van der Waals surface area contributed by atoms with E-state index in [9.17, 15) is 0 Å². The van der Waals surface area contributed by atoms with Crippen LogP contribution < -0.4 is 5.32 Å². The minimum absolute atomic E-state index is 0.789. The molecule has 0 amide bonds. The average Bonchev–Trinajstić information content (AvgIpc) is 2.85. The number of hydrogen-bond donors (Lipinski definition) is 1. The molecule has 0 aromatic carbocycles. The Kier molecular flexibility index (Phi) is 3.23. The largest absolute Gasteiger partial charge is 0.381 e. The summed E-state index contributed by atoms with van der Waals surface area (Å²) >= 11 is 0. The van der Waals surface area contributed by atoms with Crippen molar-refractivity contribution in [1.82, 2.24) is 5.32 Å². The van der Waals surface area contributed by atoms with Crippen molar-refractivity contribution in [2.45, 2.75) is 38.6 Å². The molecule has 13 heavy (non-hydrogen) atoms. The van der Waals surface area contributed by atoms with E-state index >= 15 is 0 Å². The van der Waals surface area contributed by atoms with Crippen LogP contribution in [0.2, 0.25) is 0 Å². The molecular weight excluding hydrogens is 162 g/mol. The lowest BCUT2D eigenvalue weighted by molar-refractivity contribution is 0.180. The Hall–Kier alpha value is -0.0800. The van der Waals surface area contributed by atoms with Crippen LogP contribution in [-0.2, 0) is 4.74 Å². The number of nitrogens with one attached hydrogen (secondary N) is 1. The van der Waals surface area contributed by atoms with Crippen molar-refractivity contribution in [3.8, 4) is 0 Å². The third-order valence-electron chi connectivity index (χ3n) is 3.27. The van der Waals surface area contributed by atoms with E-state index in [0.29, 0.717) is 0 Å². The monoisotopic (exact) mass is 183 g/mol. The fourth-order valence-electron chi connectivity index (χ4n) is 2.33. The SMILES string of the molecule is CCNC(CC1CCOC1)C1CC1. The van der Waals surface area contributed by atoms with E-state index < -0.39 is 0 Å². The molecule has 0 spiro atoms. The first-order chi connectivity index (χ1) is 6.40. The van der Waals surface area contributed by atoms with Gasteiger partial charge in [0.15, 0.2) is 0 Å². The van der Waals surface area contributed by atoms with Gasteiger partial charge < -0.3 is 10.1 Å². The Bertz CT molecular complexity index is 150. The van der Waals surface area contributed by atoms with Crippen LogP contribution in [0.4, 0.5) is 0 Å². The van der Waals surface area contributed by atoms with Gasteiger partial charge in [-0.05, 0) is 44.1 Å². The second kappa shape index (κ2) is 4.43.